The fourth-order valence-corrected chi connectivity index (χ4v) is 3.74. The van der Waals surface area contributed by atoms with Gasteiger partial charge in [-0.1, -0.05) is 24.6 Å². The molecular formula is C25H28FNO4. The molecule has 2 unspecified atom stereocenters. The number of hydrogen-bond donors (Lipinski definition) is 0. The van der Waals surface area contributed by atoms with Gasteiger partial charge in [0.15, 0.2) is 5.78 Å². The molecule has 0 spiro atoms. The van der Waals surface area contributed by atoms with Crippen LogP contribution in [0.25, 0.3) is 0 Å². The molecule has 2 aliphatic rings. The second kappa shape index (κ2) is 9.41. The number of halogens is 1. The van der Waals surface area contributed by atoms with E-state index in [1.54, 1.807) is 24.3 Å². The number of carbonyl (C=O) groups is 3. The van der Waals surface area contributed by atoms with Crippen LogP contribution in [0.4, 0.5) is 10.1 Å². The summed E-state index contributed by atoms with van der Waals surface area (Å²) in [7, 11) is 0. The average molecular weight is 426 g/mol. The van der Waals surface area contributed by atoms with Crippen LogP contribution in [0.1, 0.15) is 46.5 Å². The Morgan fingerprint density at radius 3 is 2.55 bits per heavy atom. The Labute approximate surface area is 182 Å². The average Bonchev–Trinajstić information content (AvgIpc) is 2.71. The van der Waals surface area contributed by atoms with Crippen LogP contribution in [-0.4, -0.2) is 29.7 Å². The minimum absolute atomic E-state index is 0.148. The number of aldehydes is 1. The molecule has 1 aliphatic heterocycles. The monoisotopic (exact) mass is 425 g/mol. The Bertz CT molecular complexity index is 937. The lowest BCUT2D eigenvalue weighted by molar-refractivity contribution is -0.155. The van der Waals surface area contributed by atoms with Gasteiger partial charge in [0.2, 0.25) is 0 Å². The first kappa shape index (κ1) is 22.7. The van der Waals surface area contributed by atoms with E-state index >= 15 is 0 Å². The lowest BCUT2D eigenvalue weighted by Crippen LogP contribution is -2.35. The first-order valence-electron chi connectivity index (χ1n) is 10.6. The molecule has 0 fully saturated rings. The second-order valence-corrected chi connectivity index (χ2v) is 8.83. The van der Waals surface area contributed by atoms with E-state index < -0.39 is 11.5 Å². The fraction of sp³-hybridized carbons (Fsp3) is 0.400. The summed E-state index contributed by atoms with van der Waals surface area (Å²) in [5.74, 6) is -1.51. The largest absolute Gasteiger partial charge is 0.460 e. The molecule has 0 saturated heterocycles. The Morgan fingerprint density at radius 2 is 1.90 bits per heavy atom. The van der Waals surface area contributed by atoms with Crippen LogP contribution in [0.3, 0.4) is 0 Å². The molecule has 6 heteroatoms. The number of carbonyl (C=O) groups excluding carboxylic acids is 3. The molecule has 164 valence electrons. The summed E-state index contributed by atoms with van der Waals surface area (Å²) in [6, 6.07) is 6.04. The van der Waals surface area contributed by atoms with Crippen molar-refractivity contribution in [2.75, 3.05) is 4.90 Å². The third-order valence-electron chi connectivity index (χ3n) is 5.18. The number of Topliss-reactive ketones (excluding diaryl/α,β-unsaturated/α-hetero) is 1. The molecule has 0 N–H and O–H groups in total. The van der Waals surface area contributed by atoms with Gasteiger partial charge in [-0.2, -0.15) is 0 Å². The van der Waals surface area contributed by atoms with Crippen LogP contribution in [0.5, 0.6) is 0 Å². The Kier molecular flexibility index (Phi) is 6.88. The molecule has 0 radical (unpaired) electrons. The third kappa shape index (κ3) is 5.78. The molecule has 1 aromatic rings. The van der Waals surface area contributed by atoms with Crippen LogP contribution >= 0.6 is 0 Å². The zero-order chi connectivity index (χ0) is 22.6. The van der Waals surface area contributed by atoms with Gasteiger partial charge in [-0.25, -0.2) is 4.39 Å². The van der Waals surface area contributed by atoms with E-state index in [1.165, 1.54) is 12.1 Å². The Morgan fingerprint density at radius 1 is 1.19 bits per heavy atom. The van der Waals surface area contributed by atoms with Crippen molar-refractivity contribution in [2.45, 2.75) is 58.1 Å². The highest BCUT2D eigenvalue weighted by molar-refractivity contribution is 6.11. The van der Waals surface area contributed by atoms with Crippen molar-refractivity contribution in [1.82, 2.24) is 0 Å². The summed E-state index contributed by atoms with van der Waals surface area (Å²) in [5.41, 5.74) is 1.57. The zero-order valence-electron chi connectivity index (χ0n) is 18.1. The third-order valence-corrected chi connectivity index (χ3v) is 5.18. The van der Waals surface area contributed by atoms with E-state index in [1.807, 2.05) is 37.9 Å². The Hall–Kier alpha value is -3.02. The number of esters is 1. The fourth-order valence-electron chi connectivity index (χ4n) is 3.74. The number of benzene rings is 1. The van der Waals surface area contributed by atoms with Crippen LogP contribution in [0.15, 0.2) is 59.8 Å². The molecule has 0 saturated carbocycles. The number of hydrogen-bond acceptors (Lipinski definition) is 5. The molecule has 1 heterocycles. The first-order chi connectivity index (χ1) is 14.7. The lowest BCUT2D eigenvalue weighted by Gasteiger charge is -2.35. The van der Waals surface area contributed by atoms with Crippen LogP contribution in [0, 0.1) is 11.7 Å². The number of nitrogens with zero attached hydrogens (tertiary/aromatic N) is 1. The van der Waals surface area contributed by atoms with Crippen LogP contribution in [0.2, 0.25) is 0 Å². The molecule has 0 aromatic heterocycles. The van der Waals surface area contributed by atoms with Gasteiger partial charge >= 0.3 is 5.97 Å². The molecule has 1 aliphatic carbocycles. The standard InChI is InChI=1S/C25H28FNO4/c1-25(2,3)31-23(29)7-5-4-6-21-14-22-17(8-9-18(16-28)24(22)30)15-27(21)20-12-10-19(26)11-13-20/h8-16,18,21H,4-7H2,1-3H3. The van der Waals surface area contributed by atoms with E-state index in [-0.39, 0.29) is 23.6 Å². The van der Waals surface area contributed by atoms with Gasteiger partial charge in [-0.15, -0.1) is 0 Å². The highest BCUT2D eigenvalue weighted by Crippen LogP contribution is 2.33. The van der Waals surface area contributed by atoms with Gasteiger partial charge in [-0.3, -0.25) is 9.59 Å². The maximum Gasteiger partial charge on any atom is 0.306 e. The van der Waals surface area contributed by atoms with Crippen molar-refractivity contribution in [2.24, 2.45) is 5.92 Å². The molecule has 5 nitrogen and oxygen atoms in total. The normalized spacial score (nSPS) is 20.6. The zero-order valence-corrected chi connectivity index (χ0v) is 18.1. The number of unbranched alkanes of at least 4 members (excludes halogenated alkanes) is 1. The maximum atomic E-state index is 13.4. The number of rotatable bonds is 7. The number of anilines is 1. The van der Waals surface area contributed by atoms with Gasteiger partial charge < -0.3 is 14.4 Å². The number of ketones is 1. The van der Waals surface area contributed by atoms with E-state index in [9.17, 15) is 18.8 Å². The topological polar surface area (TPSA) is 63.7 Å². The van der Waals surface area contributed by atoms with E-state index in [0.29, 0.717) is 31.1 Å². The number of fused-ring (bicyclic) bond motifs is 1. The van der Waals surface area contributed by atoms with Gasteiger partial charge in [0.05, 0.1) is 12.0 Å². The van der Waals surface area contributed by atoms with E-state index in [2.05, 4.69) is 0 Å². The molecule has 0 bridgehead atoms. The van der Waals surface area contributed by atoms with Gasteiger partial charge in [0, 0.05) is 29.5 Å². The minimum Gasteiger partial charge on any atom is -0.460 e. The van der Waals surface area contributed by atoms with Crippen LogP contribution < -0.4 is 4.90 Å². The smallest absolute Gasteiger partial charge is 0.306 e. The quantitative estimate of drug-likeness (QED) is 0.275. The Balaban J connectivity index is 1.75. The van der Waals surface area contributed by atoms with Crippen molar-refractivity contribution in [3.63, 3.8) is 0 Å². The summed E-state index contributed by atoms with van der Waals surface area (Å²) < 4.78 is 18.8. The van der Waals surface area contributed by atoms with Gasteiger partial charge in [0.25, 0.3) is 0 Å². The van der Waals surface area contributed by atoms with Gasteiger partial charge in [0.1, 0.15) is 17.7 Å². The summed E-state index contributed by atoms with van der Waals surface area (Å²) >= 11 is 0. The van der Waals surface area contributed by atoms with E-state index in [0.717, 1.165) is 17.7 Å². The highest BCUT2D eigenvalue weighted by Gasteiger charge is 2.31. The molecule has 0 amide bonds. The van der Waals surface area contributed by atoms with Crippen molar-refractivity contribution in [3.8, 4) is 0 Å². The molecular weight excluding hydrogens is 397 g/mol. The SMILES string of the molecule is CC(C)(C)OC(=O)CCCCC1C=C2C(=O)C(C=O)C=CC2=CN1c1ccc(F)cc1. The van der Waals surface area contributed by atoms with Crippen molar-refractivity contribution in [3.05, 3.63) is 65.7 Å². The molecule has 31 heavy (non-hydrogen) atoms. The second-order valence-electron chi connectivity index (χ2n) is 8.83. The minimum atomic E-state index is -0.756. The van der Waals surface area contributed by atoms with Crippen molar-refractivity contribution in [1.29, 1.82) is 0 Å². The predicted octanol–water partition coefficient (Wildman–Crippen LogP) is 4.68. The molecule has 3 rings (SSSR count). The summed E-state index contributed by atoms with van der Waals surface area (Å²) in [4.78, 5) is 37.8. The van der Waals surface area contributed by atoms with Crippen LogP contribution in [-0.2, 0) is 19.1 Å². The van der Waals surface area contributed by atoms with Gasteiger partial charge in [-0.05, 0) is 57.9 Å². The predicted molar refractivity (Wildman–Crippen MR) is 117 cm³/mol. The number of allylic oxidation sites excluding steroid dienone is 4. The summed E-state index contributed by atoms with van der Waals surface area (Å²) in [6.07, 6.45) is 10.2. The lowest BCUT2D eigenvalue weighted by atomic mass is 9.84. The summed E-state index contributed by atoms with van der Waals surface area (Å²) in [6.45, 7) is 5.52. The van der Waals surface area contributed by atoms with E-state index in [4.69, 9.17) is 4.74 Å². The molecule has 1 aromatic carbocycles. The van der Waals surface area contributed by atoms with Crippen molar-refractivity contribution >= 4 is 23.7 Å². The maximum absolute atomic E-state index is 13.4. The highest BCUT2D eigenvalue weighted by atomic mass is 19.1. The summed E-state index contributed by atoms with van der Waals surface area (Å²) in [5, 5.41) is 0. The first-order valence-corrected chi connectivity index (χ1v) is 10.6. The van der Waals surface area contributed by atoms with Crippen molar-refractivity contribution < 1.29 is 23.5 Å². The molecule has 2 atom stereocenters. The number of ether oxygens (including phenoxy) is 1.